The largest absolute Gasteiger partial charge is 0.398 e. The summed E-state index contributed by atoms with van der Waals surface area (Å²) in [6, 6.07) is 0. The Morgan fingerprint density at radius 2 is 2.07 bits per heavy atom. The summed E-state index contributed by atoms with van der Waals surface area (Å²) in [6.45, 7) is 0. The van der Waals surface area contributed by atoms with E-state index in [0.29, 0.717) is 11.6 Å². The number of nitrogens with zero attached hydrogens (tertiary/aromatic N) is 1. The van der Waals surface area contributed by atoms with Crippen LogP contribution in [0.2, 0.25) is 0 Å². The summed E-state index contributed by atoms with van der Waals surface area (Å²) < 4.78 is 0. The molecule has 0 aromatic heterocycles. The van der Waals surface area contributed by atoms with Crippen LogP contribution in [0.25, 0.3) is 0 Å². The highest BCUT2D eigenvalue weighted by atomic mass is 15.1. The van der Waals surface area contributed by atoms with E-state index in [-0.39, 0.29) is 0 Å². The van der Waals surface area contributed by atoms with Crippen molar-refractivity contribution < 1.29 is 0 Å². The predicted octanol–water partition coefficient (Wildman–Crippen LogP) is 0.653. The lowest BCUT2D eigenvalue weighted by Gasteiger charge is -2.37. The van der Waals surface area contributed by atoms with Crippen LogP contribution < -0.4 is 16.8 Å². The first kappa shape index (κ1) is 9.52. The monoisotopic (exact) mass is 194 g/mol. The standard InChI is InChI=1S/C10H18N4/c11-9-6-13-7-14-10(9,12)8-4-2-1-3-5-8/h6-8H,1-5,11-12H2,(H,13,14). The zero-order chi connectivity index (χ0) is 10.0. The molecule has 1 atom stereocenters. The molecule has 0 radical (unpaired) electrons. The second-order valence-electron chi connectivity index (χ2n) is 4.18. The Hall–Kier alpha value is -1.03. The molecule has 14 heavy (non-hydrogen) atoms. The molecular formula is C10H18N4. The zero-order valence-corrected chi connectivity index (χ0v) is 8.37. The van der Waals surface area contributed by atoms with Crippen molar-refractivity contribution in [2.75, 3.05) is 0 Å². The molecule has 1 saturated carbocycles. The van der Waals surface area contributed by atoms with Crippen LogP contribution in [0.3, 0.4) is 0 Å². The Labute approximate surface area is 84.4 Å². The maximum atomic E-state index is 6.25. The van der Waals surface area contributed by atoms with Gasteiger partial charge in [-0.3, -0.25) is 0 Å². The van der Waals surface area contributed by atoms with Crippen molar-refractivity contribution >= 4 is 6.34 Å². The molecule has 78 valence electrons. The minimum absolute atomic E-state index is 0.408. The normalized spacial score (nSPS) is 33.6. The molecule has 0 amide bonds. The molecule has 1 aliphatic heterocycles. The molecule has 5 N–H and O–H groups in total. The van der Waals surface area contributed by atoms with E-state index >= 15 is 0 Å². The molecular weight excluding hydrogens is 176 g/mol. The smallest absolute Gasteiger partial charge is 0.154 e. The Kier molecular flexibility index (Phi) is 2.46. The van der Waals surface area contributed by atoms with Crippen molar-refractivity contribution in [3.8, 4) is 0 Å². The van der Waals surface area contributed by atoms with Crippen LogP contribution in [0.4, 0.5) is 0 Å². The van der Waals surface area contributed by atoms with E-state index in [9.17, 15) is 0 Å². The topological polar surface area (TPSA) is 76.4 Å². The van der Waals surface area contributed by atoms with Gasteiger partial charge < -0.3 is 16.8 Å². The lowest BCUT2D eigenvalue weighted by molar-refractivity contribution is 0.241. The number of nitrogens with two attached hydrogens (primary N) is 2. The van der Waals surface area contributed by atoms with Gasteiger partial charge in [0.25, 0.3) is 0 Å². The fourth-order valence-corrected chi connectivity index (χ4v) is 2.35. The van der Waals surface area contributed by atoms with Gasteiger partial charge in [-0.1, -0.05) is 19.3 Å². The first-order chi connectivity index (χ1) is 6.73. The molecule has 0 aromatic rings. The molecule has 4 nitrogen and oxygen atoms in total. The summed E-state index contributed by atoms with van der Waals surface area (Å²) in [7, 11) is 0. The van der Waals surface area contributed by atoms with E-state index in [4.69, 9.17) is 11.5 Å². The van der Waals surface area contributed by atoms with E-state index < -0.39 is 5.66 Å². The molecule has 1 fully saturated rings. The van der Waals surface area contributed by atoms with E-state index in [1.165, 1.54) is 19.3 Å². The van der Waals surface area contributed by atoms with E-state index in [1.807, 2.05) is 0 Å². The zero-order valence-electron chi connectivity index (χ0n) is 8.37. The summed E-state index contributed by atoms with van der Waals surface area (Å²) in [5.74, 6) is 0.408. The molecule has 2 aliphatic rings. The fraction of sp³-hybridized carbons (Fsp3) is 0.700. The summed E-state index contributed by atoms with van der Waals surface area (Å²) in [5, 5.41) is 2.87. The first-order valence-corrected chi connectivity index (χ1v) is 5.28. The number of aliphatic imine (C=N–C) groups is 1. The van der Waals surface area contributed by atoms with Gasteiger partial charge in [-0.15, -0.1) is 0 Å². The third kappa shape index (κ3) is 1.50. The van der Waals surface area contributed by atoms with Gasteiger partial charge in [-0.2, -0.15) is 0 Å². The number of hydrogen-bond acceptors (Lipinski definition) is 4. The van der Waals surface area contributed by atoms with Gasteiger partial charge in [0, 0.05) is 12.1 Å². The van der Waals surface area contributed by atoms with Gasteiger partial charge in [0.15, 0.2) is 5.66 Å². The van der Waals surface area contributed by atoms with Gasteiger partial charge in [0.2, 0.25) is 0 Å². The third-order valence-corrected chi connectivity index (χ3v) is 3.28. The lowest BCUT2D eigenvalue weighted by Crippen LogP contribution is -2.52. The van der Waals surface area contributed by atoms with Crippen molar-refractivity contribution in [3.63, 3.8) is 0 Å². The van der Waals surface area contributed by atoms with Crippen LogP contribution in [0, 0.1) is 5.92 Å². The second-order valence-corrected chi connectivity index (χ2v) is 4.18. The second kappa shape index (κ2) is 3.61. The molecule has 0 bridgehead atoms. The highest BCUT2D eigenvalue weighted by molar-refractivity contribution is 5.60. The lowest BCUT2D eigenvalue weighted by atomic mass is 9.79. The van der Waals surface area contributed by atoms with Crippen LogP contribution in [-0.4, -0.2) is 12.0 Å². The SMILES string of the molecule is NC1=CNC=NC1(N)C1CCCCC1. The summed E-state index contributed by atoms with van der Waals surface area (Å²) in [4.78, 5) is 4.31. The van der Waals surface area contributed by atoms with Gasteiger partial charge in [-0.05, 0) is 12.8 Å². The molecule has 0 saturated heterocycles. The maximum absolute atomic E-state index is 6.25. The summed E-state index contributed by atoms with van der Waals surface area (Å²) in [5.41, 5.74) is 12.2. The highest BCUT2D eigenvalue weighted by Crippen LogP contribution is 2.35. The van der Waals surface area contributed by atoms with Crippen molar-refractivity contribution in [2.45, 2.75) is 37.8 Å². The van der Waals surface area contributed by atoms with Crippen LogP contribution in [0.1, 0.15) is 32.1 Å². The van der Waals surface area contributed by atoms with Crippen LogP contribution >= 0.6 is 0 Å². The van der Waals surface area contributed by atoms with Crippen LogP contribution in [0.5, 0.6) is 0 Å². The van der Waals surface area contributed by atoms with Gasteiger partial charge in [0.1, 0.15) is 0 Å². The summed E-state index contributed by atoms with van der Waals surface area (Å²) >= 11 is 0. The van der Waals surface area contributed by atoms with Gasteiger partial charge >= 0.3 is 0 Å². The maximum Gasteiger partial charge on any atom is 0.154 e. The number of hydrogen-bond donors (Lipinski definition) is 3. The molecule has 1 unspecified atom stereocenters. The van der Waals surface area contributed by atoms with Gasteiger partial charge in [-0.25, -0.2) is 4.99 Å². The minimum atomic E-state index is -0.647. The van der Waals surface area contributed by atoms with E-state index in [0.717, 1.165) is 12.8 Å². The number of rotatable bonds is 1. The van der Waals surface area contributed by atoms with E-state index in [2.05, 4.69) is 10.3 Å². The molecule has 0 spiro atoms. The molecule has 0 aromatic carbocycles. The van der Waals surface area contributed by atoms with Crippen molar-refractivity contribution in [3.05, 3.63) is 11.9 Å². The molecule has 4 heteroatoms. The average molecular weight is 194 g/mol. The third-order valence-electron chi connectivity index (χ3n) is 3.28. The van der Waals surface area contributed by atoms with Crippen LogP contribution in [-0.2, 0) is 0 Å². The van der Waals surface area contributed by atoms with Crippen LogP contribution in [0.15, 0.2) is 16.9 Å². The molecule has 2 rings (SSSR count). The minimum Gasteiger partial charge on any atom is -0.398 e. The summed E-state index contributed by atoms with van der Waals surface area (Å²) in [6.07, 6.45) is 9.50. The number of nitrogens with one attached hydrogen (secondary N) is 1. The Bertz CT molecular complexity index is 265. The molecule has 1 heterocycles. The Morgan fingerprint density at radius 3 is 2.71 bits per heavy atom. The Morgan fingerprint density at radius 1 is 1.36 bits per heavy atom. The average Bonchev–Trinajstić information content (AvgIpc) is 2.24. The predicted molar refractivity (Wildman–Crippen MR) is 57.4 cm³/mol. The Balaban J connectivity index is 2.16. The van der Waals surface area contributed by atoms with Crippen molar-refractivity contribution in [1.29, 1.82) is 0 Å². The molecule has 1 aliphatic carbocycles. The fourth-order valence-electron chi connectivity index (χ4n) is 2.35. The first-order valence-electron chi connectivity index (χ1n) is 5.28. The van der Waals surface area contributed by atoms with Crippen molar-refractivity contribution in [1.82, 2.24) is 5.32 Å². The van der Waals surface area contributed by atoms with Crippen molar-refractivity contribution in [2.24, 2.45) is 22.4 Å². The van der Waals surface area contributed by atoms with Gasteiger partial charge in [0.05, 0.1) is 12.0 Å². The highest BCUT2D eigenvalue weighted by Gasteiger charge is 2.38. The quantitative estimate of drug-likeness (QED) is 0.573. The van der Waals surface area contributed by atoms with E-state index in [1.54, 1.807) is 12.5 Å².